The van der Waals surface area contributed by atoms with Crippen LogP contribution in [0.5, 0.6) is 0 Å². The van der Waals surface area contributed by atoms with Gasteiger partial charge in [0.15, 0.2) is 0 Å². The predicted molar refractivity (Wildman–Crippen MR) is 154 cm³/mol. The van der Waals surface area contributed by atoms with Crippen LogP contribution in [-0.4, -0.2) is 41.2 Å². The summed E-state index contributed by atoms with van der Waals surface area (Å²) in [4.78, 5) is 22.1. The molecule has 4 aromatic rings. The molecule has 1 aliphatic rings. The molecular formula is C28H28ClN5O3S2. The standard InChI is InChI=1S/C28H28ClN5O3S2/c1-19-4-6-22(7-5-19)23-15-21(16-26(33-23)31-17-20-10-12-30-13-11-20)18-32-28(35)24-3-2-14-34(24)39(36,37)27-9-8-25(29)38-27/h4-13,15-16,24H,2-3,14,17-18H2,1H3,(H,31,33)(H,32,35)/t24-/m0/s1. The number of rotatable bonds is 9. The maximum atomic E-state index is 13.2. The van der Waals surface area contributed by atoms with Gasteiger partial charge in [-0.05, 0) is 67.3 Å². The third-order valence-electron chi connectivity index (χ3n) is 6.54. The number of nitrogens with zero attached hydrogens (tertiary/aromatic N) is 3. The number of carbonyl (C=O) groups excluding carboxylic acids is 1. The van der Waals surface area contributed by atoms with Gasteiger partial charge in [0.25, 0.3) is 10.0 Å². The number of pyridine rings is 2. The van der Waals surface area contributed by atoms with Crippen LogP contribution in [0.1, 0.15) is 29.5 Å². The lowest BCUT2D eigenvalue weighted by Crippen LogP contribution is -2.45. The summed E-state index contributed by atoms with van der Waals surface area (Å²) >= 11 is 6.96. The number of benzene rings is 1. The van der Waals surface area contributed by atoms with Crippen LogP contribution in [0.15, 0.2) is 77.3 Å². The second-order valence-corrected chi connectivity index (χ2v) is 13.2. The Labute approximate surface area is 237 Å². The van der Waals surface area contributed by atoms with E-state index in [0.717, 1.165) is 39.3 Å². The third-order valence-corrected chi connectivity index (χ3v) is 10.1. The Balaban J connectivity index is 1.34. The number of thiophene rings is 1. The molecule has 1 aromatic carbocycles. The van der Waals surface area contributed by atoms with Gasteiger partial charge < -0.3 is 10.6 Å². The molecule has 1 saturated heterocycles. The minimum absolute atomic E-state index is 0.147. The largest absolute Gasteiger partial charge is 0.366 e. The Kier molecular flexibility index (Phi) is 8.27. The summed E-state index contributed by atoms with van der Waals surface area (Å²) in [6.07, 6.45) is 4.57. The molecule has 0 bridgehead atoms. The molecule has 1 fully saturated rings. The Morgan fingerprint density at radius 3 is 2.54 bits per heavy atom. The Bertz CT molecular complexity index is 1560. The molecule has 0 saturated carbocycles. The quantitative estimate of drug-likeness (QED) is 0.280. The lowest BCUT2D eigenvalue weighted by molar-refractivity contribution is -0.124. The number of hydrogen-bond donors (Lipinski definition) is 2. The van der Waals surface area contributed by atoms with E-state index in [9.17, 15) is 13.2 Å². The van der Waals surface area contributed by atoms with Crippen LogP contribution in [0.3, 0.4) is 0 Å². The minimum Gasteiger partial charge on any atom is -0.366 e. The number of anilines is 1. The van der Waals surface area contributed by atoms with Gasteiger partial charge >= 0.3 is 0 Å². The summed E-state index contributed by atoms with van der Waals surface area (Å²) in [6.45, 7) is 3.13. The highest BCUT2D eigenvalue weighted by molar-refractivity contribution is 7.91. The lowest BCUT2D eigenvalue weighted by atomic mass is 10.1. The van der Waals surface area contributed by atoms with Gasteiger partial charge in [0.2, 0.25) is 5.91 Å². The van der Waals surface area contributed by atoms with Crippen LogP contribution < -0.4 is 10.6 Å². The lowest BCUT2D eigenvalue weighted by Gasteiger charge is -2.22. The maximum absolute atomic E-state index is 13.2. The second-order valence-electron chi connectivity index (χ2n) is 9.37. The highest BCUT2D eigenvalue weighted by Crippen LogP contribution is 2.32. The van der Waals surface area contributed by atoms with Crippen molar-refractivity contribution >= 4 is 44.7 Å². The highest BCUT2D eigenvalue weighted by atomic mass is 35.5. The van der Waals surface area contributed by atoms with Crippen molar-refractivity contribution in [3.8, 4) is 11.3 Å². The summed E-state index contributed by atoms with van der Waals surface area (Å²) in [5.74, 6) is 0.354. The second kappa shape index (κ2) is 11.8. The van der Waals surface area contributed by atoms with Crippen LogP contribution in [0.2, 0.25) is 4.34 Å². The molecule has 5 rings (SSSR count). The van der Waals surface area contributed by atoms with E-state index < -0.39 is 16.1 Å². The van der Waals surface area contributed by atoms with E-state index in [1.54, 1.807) is 18.5 Å². The molecule has 1 aliphatic heterocycles. The molecule has 1 amide bonds. The number of aryl methyl sites for hydroxylation is 1. The van der Waals surface area contributed by atoms with Crippen molar-refractivity contribution in [3.05, 3.63) is 94.1 Å². The molecule has 0 spiro atoms. The molecule has 202 valence electrons. The number of sulfonamides is 1. The van der Waals surface area contributed by atoms with E-state index in [0.29, 0.717) is 36.1 Å². The van der Waals surface area contributed by atoms with Gasteiger partial charge in [0, 0.05) is 37.6 Å². The zero-order valence-corrected chi connectivity index (χ0v) is 23.7. The summed E-state index contributed by atoms with van der Waals surface area (Å²) in [5.41, 5.74) is 4.81. The molecule has 0 radical (unpaired) electrons. The Morgan fingerprint density at radius 1 is 1.05 bits per heavy atom. The topological polar surface area (TPSA) is 104 Å². The van der Waals surface area contributed by atoms with Gasteiger partial charge in [-0.2, -0.15) is 4.31 Å². The van der Waals surface area contributed by atoms with Crippen LogP contribution in [0.25, 0.3) is 11.3 Å². The normalized spacial score (nSPS) is 15.8. The summed E-state index contributed by atoms with van der Waals surface area (Å²) < 4.78 is 28.2. The van der Waals surface area contributed by atoms with Crippen LogP contribution in [-0.2, 0) is 27.9 Å². The molecule has 1 atom stereocenters. The number of nitrogens with one attached hydrogen (secondary N) is 2. The Hall–Kier alpha value is -3.31. The fourth-order valence-corrected chi connectivity index (χ4v) is 7.76. The first-order chi connectivity index (χ1) is 18.8. The summed E-state index contributed by atoms with van der Waals surface area (Å²) in [5, 5.41) is 6.32. The molecule has 0 aliphatic carbocycles. The first-order valence-corrected chi connectivity index (χ1v) is 15.2. The molecule has 11 heteroatoms. The average molecular weight is 582 g/mol. The van der Waals surface area contributed by atoms with Gasteiger partial charge in [-0.1, -0.05) is 41.4 Å². The van der Waals surface area contributed by atoms with E-state index in [4.69, 9.17) is 16.6 Å². The fraction of sp³-hybridized carbons (Fsp3) is 0.250. The molecule has 3 aromatic heterocycles. The zero-order chi connectivity index (χ0) is 27.4. The number of halogens is 1. The Morgan fingerprint density at radius 2 is 1.82 bits per heavy atom. The van der Waals surface area contributed by atoms with Crippen molar-refractivity contribution in [1.82, 2.24) is 19.6 Å². The van der Waals surface area contributed by atoms with Gasteiger partial charge in [0.05, 0.1) is 10.0 Å². The van der Waals surface area contributed by atoms with Crippen molar-refractivity contribution in [2.24, 2.45) is 0 Å². The van der Waals surface area contributed by atoms with Crippen LogP contribution >= 0.6 is 22.9 Å². The maximum Gasteiger partial charge on any atom is 0.253 e. The van der Waals surface area contributed by atoms with Gasteiger partial charge in [0.1, 0.15) is 16.1 Å². The van der Waals surface area contributed by atoms with Crippen molar-refractivity contribution in [1.29, 1.82) is 0 Å². The van der Waals surface area contributed by atoms with Crippen molar-refractivity contribution in [2.45, 2.75) is 43.1 Å². The number of amides is 1. The van der Waals surface area contributed by atoms with Gasteiger partial charge in [-0.15, -0.1) is 11.3 Å². The monoisotopic (exact) mass is 581 g/mol. The average Bonchev–Trinajstić information content (AvgIpc) is 3.62. The smallest absolute Gasteiger partial charge is 0.253 e. The van der Waals surface area contributed by atoms with Gasteiger partial charge in [-0.25, -0.2) is 13.4 Å². The van der Waals surface area contributed by atoms with Gasteiger partial charge in [-0.3, -0.25) is 9.78 Å². The minimum atomic E-state index is -3.80. The molecule has 39 heavy (non-hydrogen) atoms. The molecule has 0 unspecified atom stereocenters. The van der Waals surface area contributed by atoms with E-state index in [-0.39, 0.29) is 16.7 Å². The molecule has 8 nitrogen and oxygen atoms in total. The van der Waals surface area contributed by atoms with E-state index >= 15 is 0 Å². The summed E-state index contributed by atoms with van der Waals surface area (Å²) in [7, 11) is -3.80. The summed E-state index contributed by atoms with van der Waals surface area (Å²) in [6, 6.07) is 18.1. The molecular weight excluding hydrogens is 554 g/mol. The number of carbonyl (C=O) groups is 1. The predicted octanol–water partition coefficient (Wildman–Crippen LogP) is 5.25. The fourth-order valence-electron chi connectivity index (χ4n) is 4.49. The van der Waals surface area contributed by atoms with Crippen molar-refractivity contribution in [2.75, 3.05) is 11.9 Å². The van der Waals surface area contributed by atoms with E-state index in [1.807, 2.05) is 55.5 Å². The molecule has 4 heterocycles. The van der Waals surface area contributed by atoms with E-state index in [1.165, 1.54) is 10.4 Å². The van der Waals surface area contributed by atoms with Crippen molar-refractivity contribution < 1.29 is 13.2 Å². The van der Waals surface area contributed by atoms with Crippen molar-refractivity contribution in [3.63, 3.8) is 0 Å². The van der Waals surface area contributed by atoms with E-state index in [2.05, 4.69) is 15.6 Å². The van der Waals surface area contributed by atoms with Crippen LogP contribution in [0.4, 0.5) is 5.82 Å². The number of aromatic nitrogens is 2. The first kappa shape index (κ1) is 27.3. The first-order valence-electron chi connectivity index (χ1n) is 12.6. The highest BCUT2D eigenvalue weighted by Gasteiger charge is 2.40. The SMILES string of the molecule is Cc1ccc(-c2cc(CNC(=O)[C@@H]3CCCN3S(=O)(=O)c3ccc(Cl)s3)cc(NCc3ccncc3)n2)cc1. The van der Waals surface area contributed by atoms with Crippen LogP contribution in [0, 0.1) is 6.92 Å². The third kappa shape index (κ3) is 6.47. The number of hydrogen-bond acceptors (Lipinski definition) is 7. The zero-order valence-electron chi connectivity index (χ0n) is 21.3. The molecule has 2 N–H and O–H groups in total.